The molecule has 0 fully saturated rings. The lowest BCUT2D eigenvalue weighted by Gasteiger charge is -1.88. The number of H-pyrrole nitrogens is 1. The molecule has 1 N–H and O–H groups in total. The summed E-state index contributed by atoms with van der Waals surface area (Å²) in [6.07, 6.45) is 0. The van der Waals surface area contributed by atoms with E-state index in [0.29, 0.717) is 0 Å². The summed E-state index contributed by atoms with van der Waals surface area (Å²) >= 11 is 2.82. The van der Waals surface area contributed by atoms with Gasteiger partial charge in [-0.3, -0.25) is 4.79 Å². The first kappa shape index (κ1) is 6.48. The average molecular weight is 192 g/mol. The SMILES string of the molecule is O=c1ccc(F)c(Br)[nH]1. The molecule has 2 nitrogen and oxygen atoms in total. The number of nitrogens with one attached hydrogen (secondary N) is 1. The van der Waals surface area contributed by atoms with Crippen LogP contribution in [-0.2, 0) is 0 Å². The van der Waals surface area contributed by atoms with Crippen LogP contribution < -0.4 is 5.56 Å². The van der Waals surface area contributed by atoms with Gasteiger partial charge in [-0.25, -0.2) is 4.39 Å². The van der Waals surface area contributed by atoms with Crippen LogP contribution in [-0.4, -0.2) is 4.98 Å². The highest BCUT2D eigenvalue weighted by atomic mass is 79.9. The topological polar surface area (TPSA) is 32.9 Å². The van der Waals surface area contributed by atoms with Crippen LogP contribution in [0.15, 0.2) is 21.5 Å². The summed E-state index contributed by atoms with van der Waals surface area (Å²) in [5.41, 5.74) is -0.316. The highest BCUT2D eigenvalue weighted by molar-refractivity contribution is 9.10. The van der Waals surface area contributed by atoms with Crippen molar-refractivity contribution in [1.29, 1.82) is 0 Å². The van der Waals surface area contributed by atoms with Crippen molar-refractivity contribution in [3.63, 3.8) is 0 Å². The van der Waals surface area contributed by atoms with Crippen molar-refractivity contribution in [3.8, 4) is 0 Å². The maximum atomic E-state index is 12.3. The molecule has 0 atom stereocenters. The minimum absolute atomic E-state index is 0.0926. The smallest absolute Gasteiger partial charge is 0.248 e. The Morgan fingerprint density at radius 3 is 2.67 bits per heavy atom. The molecule has 0 bridgehead atoms. The van der Waals surface area contributed by atoms with Gasteiger partial charge in [-0.2, -0.15) is 0 Å². The summed E-state index contributed by atoms with van der Waals surface area (Å²) in [7, 11) is 0. The summed E-state index contributed by atoms with van der Waals surface area (Å²) in [5, 5.41) is 0. The van der Waals surface area contributed by atoms with E-state index in [9.17, 15) is 9.18 Å². The van der Waals surface area contributed by atoms with Crippen molar-refractivity contribution in [1.82, 2.24) is 4.98 Å². The first-order valence-corrected chi connectivity index (χ1v) is 3.04. The van der Waals surface area contributed by atoms with Crippen molar-refractivity contribution in [3.05, 3.63) is 32.9 Å². The fourth-order valence-electron chi connectivity index (χ4n) is 0.432. The van der Waals surface area contributed by atoms with Crippen molar-refractivity contribution in [2.24, 2.45) is 0 Å². The molecule has 1 aromatic heterocycles. The molecular formula is C5H3BrFNO. The lowest BCUT2D eigenvalue weighted by atomic mass is 10.5. The van der Waals surface area contributed by atoms with Crippen molar-refractivity contribution >= 4 is 15.9 Å². The highest BCUT2D eigenvalue weighted by Crippen LogP contribution is 2.06. The summed E-state index contributed by atoms with van der Waals surface area (Å²) in [6.45, 7) is 0. The van der Waals surface area contributed by atoms with Crippen LogP contribution in [0.1, 0.15) is 0 Å². The Morgan fingerprint density at radius 1 is 1.56 bits per heavy atom. The molecule has 0 saturated heterocycles. The van der Waals surface area contributed by atoms with Crippen LogP contribution >= 0.6 is 15.9 Å². The Kier molecular flexibility index (Phi) is 1.66. The first-order valence-electron chi connectivity index (χ1n) is 2.24. The Hall–Kier alpha value is -0.640. The molecule has 4 heteroatoms. The second kappa shape index (κ2) is 2.31. The zero-order chi connectivity index (χ0) is 6.85. The molecule has 1 aromatic rings. The molecule has 0 amide bonds. The van der Waals surface area contributed by atoms with Gasteiger partial charge in [0, 0.05) is 6.07 Å². The third-order valence-electron chi connectivity index (χ3n) is 0.824. The summed E-state index contributed by atoms with van der Waals surface area (Å²) < 4.78 is 12.4. The van der Waals surface area contributed by atoms with Crippen molar-refractivity contribution in [2.45, 2.75) is 0 Å². The Morgan fingerprint density at radius 2 is 2.22 bits per heavy atom. The lowest BCUT2D eigenvalue weighted by Crippen LogP contribution is -2.03. The van der Waals surface area contributed by atoms with Gasteiger partial charge in [0.2, 0.25) is 5.56 Å². The molecule has 48 valence electrons. The number of pyridine rings is 1. The standard InChI is InChI=1S/C5H3BrFNO/c6-5-3(7)1-2-4(9)8-5/h1-2H,(H,8,9). The normalized spacial score (nSPS) is 9.56. The van der Waals surface area contributed by atoms with E-state index in [2.05, 4.69) is 20.9 Å². The third kappa shape index (κ3) is 1.38. The largest absolute Gasteiger partial charge is 0.314 e. The van der Waals surface area contributed by atoms with Crippen molar-refractivity contribution < 1.29 is 4.39 Å². The fraction of sp³-hybridized carbons (Fsp3) is 0. The highest BCUT2D eigenvalue weighted by Gasteiger charge is 1.95. The Bertz CT molecular complexity index is 270. The van der Waals surface area contributed by atoms with Crippen LogP contribution in [0.4, 0.5) is 4.39 Å². The second-order valence-corrected chi connectivity index (χ2v) is 2.28. The minimum atomic E-state index is -0.463. The van der Waals surface area contributed by atoms with Gasteiger partial charge in [-0.15, -0.1) is 0 Å². The third-order valence-corrected chi connectivity index (χ3v) is 1.40. The summed E-state index contributed by atoms with van der Waals surface area (Å²) in [6, 6.07) is 2.23. The van der Waals surface area contributed by atoms with Gasteiger partial charge in [0.25, 0.3) is 0 Å². The van der Waals surface area contributed by atoms with E-state index in [1.54, 1.807) is 0 Å². The van der Waals surface area contributed by atoms with Gasteiger partial charge < -0.3 is 4.98 Å². The van der Waals surface area contributed by atoms with Crippen molar-refractivity contribution in [2.75, 3.05) is 0 Å². The molecule has 0 aliphatic heterocycles. The molecular weight excluding hydrogens is 189 g/mol. The summed E-state index contributed by atoms with van der Waals surface area (Å²) in [4.78, 5) is 12.6. The number of aromatic nitrogens is 1. The van der Waals surface area contributed by atoms with Crippen LogP contribution in [0.5, 0.6) is 0 Å². The molecule has 0 radical (unpaired) electrons. The van der Waals surface area contributed by atoms with Gasteiger partial charge in [0.15, 0.2) is 5.82 Å². The van der Waals surface area contributed by atoms with E-state index in [1.165, 1.54) is 0 Å². The maximum absolute atomic E-state index is 12.3. The maximum Gasteiger partial charge on any atom is 0.248 e. The van der Waals surface area contributed by atoms with Gasteiger partial charge >= 0.3 is 0 Å². The van der Waals surface area contributed by atoms with Gasteiger partial charge in [-0.05, 0) is 22.0 Å². The predicted octanol–water partition coefficient (Wildman–Crippen LogP) is 1.28. The van der Waals surface area contributed by atoms with E-state index in [1.807, 2.05) is 0 Å². The van der Waals surface area contributed by atoms with Gasteiger partial charge in [-0.1, -0.05) is 0 Å². The quantitative estimate of drug-likeness (QED) is 0.617. The first-order chi connectivity index (χ1) is 4.20. The van der Waals surface area contributed by atoms with Crippen LogP contribution in [0.2, 0.25) is 0 Å². The van der Waals surface area contributed by atoms with E-state index in [-0.39, 0.29) is 10.2 Å². The number of aromatic amines is 1. The number of rotatable bonds is 0. The van der Waals surface area contributed by atoms with E-state index < -0.39 is 5.82 Å². The molecule has 0 aliphatic rings. The van der Waals surface area contributed by atoms with E-state index in [4.69, 9.17) is 0 Å². The van der Waals surface area contributed by atoms with Crippen LogP contribution in [0.3, 0.4) is 0 Å². The van der Waals surface area contributed by atoms with E-state index >= 15 is 0 Å². The molecule has 0 spiro atoms. The lowest BCUT2D eigenvalue weighted by molar-refractivity contribution is 0.611. The summed E-state index contributed by atoms with van der Waals surface area (Å²) in [5.74, 6) is -0.463. The van der Waals surface area contributed by atoms with Gasteiger partial charge in [0.05, 0.1) is 0 Å². The van der Waals surface area contributed by atoms with Crippen LogP contribution in [0.25, 0.3) is 0 Å². The zero-order valence-corrected chi connectivity index (χ0v) is 5.90. The molecule has 0 saturated carbocycles. The molecule has 1 rings (SSSR count). The zero-order valence-electron chi connectivity index (χ0n) is 4.32. The Balaban J connectivity index is 3.34. The molecule has 9 heavy (non-hydrogen) atoms. The molecule has 0 aliphatic carbocycles. The van der Waals surface area contributed by atoms with Gasteiger partial charge in [0.1, 0.15) is 4.60 Å². The molecule has 0 unspecified atom stereocenters. The number of halogens is 2. The molecule has 1 heterocycles. The number of hydrogen-bond donors (Lipinski definition) is 1. The number of hydrogen-bond acceptors (Lipinski definition) is 1. The molecule has 0 aromatic carbocycles. The Labute approximate surface area is 58.8 Å². The predicted molar refractivity (Wildman–Crippen MR) is 34.7 cm³/mol. The van der Waals surface area contributed by atoms with E-state index in [0.717, 1.165) is 12.1 Å². The van der Waals surface area contributed by atoms with Crippen LogP contribution in [0, 0.1) is 5.82 Å². The fourth-order valence-corrected chi connectivity index (χ4v) is 0.759. The average Bonchev–Trinajstić information content (AvgIpc) is 1.80. The minimum Gasteiger partial charge on any atom is -0.314 e. The monoisotopic (exact) mass is 191 g/mol. The second-order valence-electron chi connectivity index (χ2n) is 1.48.